The number of amides is 1. The number of rotatable bonds is 2. The van der Waals surface area contributed by atoms with Gasteiger partial charge >= 0.3 is 0 Å². The van der Waals surface area contributed by atoms with Crippen LogP contribution in [0.4, 0.5) is 8.78 Å². The Morgan fingerprint density at radius 3 is 2.57 bits per heavy atom. The number of aromatic hydroxyl groups is 1. The zero-order chi connectivity index (χ0) is 10.9. The molecule has 6 heteroatoms. The number of carbonyl (C=O) groups is 1. The molecule has 3 N–H and O–H groups in total. The minimum atomic E-state index is -2.96. The number of aryl methyl sites for hydroxylation is 1. The second kappa shape index (κ2) is 3.57. The molecule has 0 aromatic carbocycles. The van der Waals surface area contributed by atoms with E-state index in [4.69, 9.17) is 10.8 Å². The highest BCUT2D eigenvalue weighted by Gasteiger charge is 2.23. The molecule has 1 heterocycles. The molecule has 0 saturated carbocycles. The fourth-order valence-corrected chi connectivity index (χ4v) is 1.15. The number of hydrogen-bond acceptors (Lipinski definition) is 3. The van der Waals surface area contributed by atoms with Crippen molar-refractivity contribution in [2.24, 2.45) is 5.73 Å². The van der Waals surface area contributed by atoms with E-state index >= 15 is 0 Å². The Hall–Kier alpha value is -1.72. The smallest absolute Gasteiger partial charge is 0.268 e. The Bertz CT molecular complexity index is 380. The molecule has 76 valence electrons. The van der Waals surface area contributed by atoms with E-state index in [9.17, 15) is 13.6 Å². The van der Waals surface area contributed by atoms with Gasteiger partial charge in [0.05, 0.1) is 23.0 Å². The maximum absolute atomic E-state index is 12.4. The summed E-state index contributed by atoms with van der Waals surface area (Å²) in [5.41, 5.74) is 3.80. The first-order chi connectivity index (χ1) is 6.45. The second-order valence-electron chi connectivity index (χ2n) is 2.68. The average molecular weight is 202 g/mol. The van der Waals surface area contributed by atoms with Crippen molar-refractivity contribution >= 4 is 5.91 Å². The maximum atomic E-state index is 12.4. The zero-order valence-corrected chi connectivity index (χ0v) is 7.29. The summed E-state index contributed by atoms with van der Waals surface area (Å²) < 4.78 is 24.9. The quantitative estimate of drug-likeness (QED) is 0.754. The fraction of sp³-hybridized carbons (Fsp3) is 0.250. The normalized spacial score (nSPS) is 10.6. The molecule has 0 aliphatic carbocycles. The molecule has 4 nitrogen and oxygen atoms in total. The van der Waals surface area contributed by atoms with E-state index in [1.165, 1.54) is 6.92 Å². The third-order valence-electron chi connectivity index (χ3n) is 1.75. The van der Waals surface area contributed by atoms with E-state index in [1.54, 1.807) is 0 Å². The van der Waals surface area contributed by atoms with E-state index in [-0.39, 0.29) is 5.69 Å². The Kier molecular flexibility index (Phi) is 2.64. The molecule has 0 fully saturated rings. The van der Waals surface area contributed by atoms with Crippen LogP contribution in [0.1, 0.15) is 28.0 Å². The minimum absolute atomic E-state index is 0.0746. The molecule has 0 bridgehead atoms. The number of nitrogens with zero attached hydrogens (tertiary/aromatic N) is 1. The van der Waals surface area contributed by atoms with Crippen LogP contribution in [0.5, 0.6) is 5.75 Å². The van der Waals surface area contributed by atoms with Crippen LogP contribution in [0.2, 0.25) is 0 Å². The predicted molar refractivity (Wildman–Crippen MR) is 44.1 cm³/mol. The lowest BCUT2D eigenvalue weighted by Gasteiger charge is -2.09. The van der Waals surface area contributed by atoms with E-state index in [0.29, 0.717) is 0 Å². The highest BCUT2D eigenvalue weighted by molar-refractivity contribution is 5.96. The summed E-state index contributed by atoms with van der Waals surface area (Å²) in [6.45, 7) is 1.37. The number of carbonyl (C=O) groups excluding carboxylic acids is 1. The van der Waals surface area contributed by atoms with Crippen molar-refractivity contribution in [3.8, 4) is 5.75 Å². The van der Waals surface area contributed by atoms with Crippen LogP contribution in [-0.4, -0.2) is 16.0 Å². The number of pyridine rings is 1. The van der Waals surface area contributed by atoms with E-state index < -0.39 is 29.2 Å². The van der Waals surface area contributed by atoms with Gasteiger partial charge in [-0.2, -0.15) is 0 Å². The standard InChI is InChI=1S/C8H8F2N2O2/c1-3-5(8(11)14)6(7(9)10)4(13)2-12-3/h2,7,13H,1H3,(H2,11,14). The first-order valence-electron chi connectivity index (χ1n) is 3.71. The summed E-state index contributed by atoms with van der Waals surface area (Å²) in [4.78, 5) is 14.4. The molecule has 1 aromatic heterocycles. The van der Waals surface area contributed by atoms with Crippen molar-refractivity contribution in [2.45, 2.75) is 13.3 Å². The van der Waals surface area contributed by atoms with Crippen LogP contribution in [0.25, 0.3) is 0 Å². The van der Waals surface area contributed by atoms with Gasteiger partial charge < -0.3 is 10.8 Å². The number of primary amides is 1. The molecular weight excluding hydrogens is 194 g/mol. The maximum Gasteiger partial charge on any atom is 0.268 e. The molecular formula is C8H8F2N2O2. The van der Waals surface area contributed by atoms with Crippen LogP contribution < -0.4 is 5.73 Å². The van der Waals surface area contributed by atoms with Crippen molar-refractivity contribution in [3.05, 3.63) is 23.0 Å². The Morgan fingerprint density at radius 2 is 2.21 bits per heavy atom. The molecule has 1 rings (SSSR count). The van der Waals surface area contributed by atoms with E-state index in [2.05, 4.69) is 4.98 Å². The molecule has 1 aromatic rings. The van der Waals surface area contributed by atoms with Gasteiger partial charge in [0.2, 0.25) is 0 Å². The van der Waals surface area contributed by atoms with Gasteiger partial charge in [0.15, 0.2) is 0 Å². The lowest BCUT2D eigenvalue weighted by molar-refractivity contribution is 0.0982. The number of nitrogens with two attached hydrogens (primary N) is 1. The van der Waals surface area contributed by atoms with Crippen LogP contribution in [0.3, 0.4) is 0 Å². The van der Waals surface area contributed by atoms with Crippen LogP contribution >= 0.6 is 0 Å². The molecule has 1 amide bonds. The van der Waals surface area contributed by atoms with Crippen molar-refractivity contribution < 1.29 is 18.7 Å². The van der Waals surface area contributed by atoms with Gasteiger partial charge in [-0.05, 0) is 6.92 Å². The third kappa shape index (κ3) is 1.63. The third-order valence-corrected chi connectivity index (χ3v) is 1.75. The van der Waals surface area contributed by atoms with Gasteiger partial charge in [-0.3, -0.25) is 9.78 Å². The molecule has 14 heavy (non-hydrogen) atoms. The van der Waals surface area contributed by atoms with Gasteiger partial charge in [0.25, 0.3) is 12.3 Å². The zero-order valence-electron chi connectivity index (χ0n) is 7.29. The topological polar surface area (TPSA) is 76.2 Å². The van der Waals surface area contributed by atoms with Gasteiger partial charge in [-0.25, -0.2) is 8.78 Å². The summed E-state index contributed by atoms with van der Waals surface area (Å²) in [5, 5.41) is 9.08. The number of hydrogen-bond donors (Lipinski definition) is 2. The second-order valence-corrected chi connectivity index (χ2v) is 2.68. The Labute approximate surface area is 78.4 Å². The SMILES string of the molecule is Cc1ncc(O)c(C(F)F)c1C(N)=O. The summed E-state index contributed by atoms with van der Waals surface area (Å²) >= 11 is 0. The van der Waals surface area contributed by atoms with Gasteiger partial charge in [0, 0.05) is 0 Å². The lowest BCUT2D eigenvalue weighted by atomic mass is 10.1. The molecule has 0 aliphatic rings. The van der Waals surface area contributed by atoms with Crippen molar-refractivity contribution in [1.29, 1.82) is 0 Å². The first kappa shape index (κ1) is 10.4. The monoisotopic (exact) mass is 202 g/mol. The molecule has 0 atom stereocenters. The summed E-state index contributed by atoms with van der Waals surface area (Å²) in [6, 6.07) is 0. The number of aromatic nitrogens is 1. The van der Waals surface area contributed by atoms with Gasteiger partial charge in [0.1, 0.15) is 5.75 Å². The molecule has 0 spiro atoms. The van der Waals surface area contributed by atoms with E-state index in [0.717, 1.165) is 6.20 Å². The van der Waals surface area contributed by atoms with Crippen LogP contribution in [0, 0.1) is 6.92 Å². The summed E-state index contributed by atoms with van der Waals surface area (Å²) in [6.07, 6.45) is -2.09. The van der Waals surface area contributed by atoms with Crippen molar-refractivity contribution in [3.63, 3.8) is 0 Å². The first-order valence-corrected chi connectivity index (χ1v) is 3.71. The predicted octanol–water partition coefficient (Wildman–Crippen LogP) is 1.13. The Balaban J connectivity index is 3.50. The molecule has 0 aliphatic heterocycles. The Morgan fingerprint density at radius 1 is 1.64 bits per heavy atom. The summed E-state index contributed by atoms with van der Waals surface area (Å²) in [7, 11) is 0. The van der Waals surface area contributed by atoms with Gasteiger partial charge in [-0.15, -0.1) is 0 Å². The van der Waals surface area contributed by atoms with Crippen molar-refractivity contribution in [1.82, 2.24) is 4.98 Å². The summed E-state index contributed by atoms with van der Waals surface area (Å²) in [5.74, 6) is -1.75. The number of alkyl halides is 2. The molecule has 0 unspecified atom stereocenters. The molecule has 0 radical (unpaired) electrons. The van der Waals surface area contributed by atoms with E-state index in [1.807, 2.05) is 0 Å². The largest absolute Gasteiger partial charge is 0.506 e. The van der Waals surface area contributed by atoms with Gasteiger partial charge in [-0.1, -0.05) is 0 Å². The highest BCUT2D eigenvalue weighted by Crippen LogP contribution is 2.31. The average Bonchev–Trinajstić information content (AvgIpc) is 2.07. The molecule has 0 saturated heterocycles. The van der Waals surface area contributed by atoms with Crippen LogP contribution in [-0.2, 0) is 0 Å². The highest BCUT2D eigenvalue weighted by atomic mass is 19.3. The minimum Gasteiger partial charge on any atom is -0.506 e. The fourth-order valence-electron chi connectivity index (χ4n) is 1.15. The van der Waals surface area contributed by atoms with Crippen LogP contribution in [0.15, 0.2) is 6.20 Å². The lowest BCUT2D eigenvalue weighted by Crippen LogP contribution is -2.16. The number of halogens is 2. The van der Waals surface area contributed by atoms with Crippen molar-refractivity contribution in [2.75, 3.05) is 0 Å².